The van der Waals surface area contributed by atoms with Gasteiger partial charge in [-0.1, -0.05) is 12.1 Å². The number of rotatable bonds is 4. The van der Waals surface area contributed by atoms with Gasteiger partial charge in [0.05, 0.1) is 0 Å². The first-order valence-corrected chi connectivity index (χ1v) is 6.47. The first-order chi connectivity index (χ1) is 8.69. The molecule has 0 radical (unpaired) electrons. The summed E-state index contributed by atoms with van der Waals surface area (Å²) >= 11 is 0. The van der Waals surface area contributed by atoms with E-state index in [1.54, 1.807) is 25.1 Å². The van der Waals surface area contributed by atoms with Gasteiger partial charge in [0.15, 0.2) is 0 Å². The summed E-state index contributed by atoms with van der Waals surface area (Å²) in [6.45, 7) is 9.24. The van der Waals surface area contributed by atoms with Gasteiger partial charge in [0.25, 0.3) is 0 Å². The molecule has 1 aromatic rings. The lowest BCUT2D eigenvalue weighted by atomic mass is 10.1. The van der Waals surface area contributed by atoms with E-state index in [4.69, 9.17) is 4.74 Å². The third-order valence-electron chi connectivity index (χ3n) is 2.63. The van der Waals surface area contributed by atoms with Gasteiger partial charge in [-0.2, -0.15) is 0 Å². The molecule has 2 atom stereocenters. The molecule has 0 aliphatic rings. The highest BCUT2D eigenvalue weighted by atomic mass is 16.6. The van der Waals surface area contributed by atoms with Crippen LogP contribution >= 0.6 is 0 Å². The van der Waals surface area contributed by atoms with Crippen LogP contribution in [0.2, 0.25) is 0 Å². The molecule has 106 valence electrons. The van der Waals surface area contributed by atoms with Gasteiger partial charge in [0.1, 0.15) is 17.4 Å². The molecule has 0 spiro atoms. The van der Waals surface area contributed by atoms with Crippen molar-refractivity contribution in [1.82, 2.24) is 5.32 Å². The van der Waals surface area contributed by atoms with Crippen LogP contribution in [-0.4, -0.2) is 22.7 Å². The minimum Gasteiger partial charge on any atom is -0.508 e. The van der Waals surface area contributed by atoms with Crippen molar-refractivity contribution in [2.24, 2.45) is 0 Å². The second-order valence-corrected chi connectivity index (χ2v) is 5.74. The fourth-order valence-corrected chi connectivity index (χ4v) is 1.72. The summed E-state index contributed by atoms with van der Waals surface area (Å²) < 4.78 is 5.31. The molecule has 0 bridgehead atoms. The molecule has 0 unspecified atom stereocenters. The van der Waals surface area contributed by atoms with E-state index in [1.807, 2.05) is 33.8 Å². The number of carbonyl (C=O) groups is 1. The second-order valence-electron chi connectivity index (χ2n) is 5.74. The maximum atomic E-state index is 11.9. The van der Waals surface area contributed by atoms with Crippen molar-refractivity contribution in [3.63, 3.8) is 0 Å². The van der Waals surface area contributed by atoms with Gasteiger partial charge in [-0.15, -0.1) is 0 Å². The number of esters is 1. The summed E-state index contributed by atoms with van der Waals surface area (Å²) in [6, 6.07) is 6.53. The average Bonchev–Trinajstić information content (AvgIpc) is 2.26. The standard InChI is InChI=1S/C15H23NO3/c1-10(12-7-6-8-13(17)9-12)16-11(2)14(18)19-15(3,4)5/h6-11,16-17H,1-5H3/t10-,11+/m0/s1. The molecule has 0 heterocycles. The Morgan fingerprint density at radius 2 is 1.95 bits per heavy atom. The molecule has 1 rings (SSSR count). The first kappa shape index (κ1) is 15.5. The fourth-order valence-electron chi connectivity index (χ4n) is 1.72. The predicted molar refractivity (Wildman–Crippen MR) is 75.0 cm³/mol. The van der Waals surface area contributed by atoms with Crippen molar-refractivity contribution >= 4 is 5.97 Å². The van der Waals surface area contributed by atoms with E-state index in [0.717, 1.165) is 5.56 Å². The van der Waals surface area contributed by atoms with Gasteiger partial charge in [0, 0.05) is 6.04 Å². The first-order valence-electron chi connectivity index (χ1n) is 6.47. The highest BCUT2D eigenvalue weighted by molar-refractivity contribution is 5.75. The summed E-state index contributed by atoms with van der Waals surface area (Å²) in [6.07, 6.45) is 0. The zero-order valence-electron chi connectivity index (χ0n) is 12.2. The predicted octanol–water partition coefficient (Wildman–Crippen LogP) is 2.77. The van der Waals surface area contributed by atoms with Crippen molar-refractivity contribution in [3.05, 3.63) is 29.8 Å². The van der Waals surface area contributed by atoms with Gasteiger partial charge in [-0.3, -0.25) is 10.1 Å². The van der Waals surface area contributed by atoms with Crippen LogP contribution in [-0.2, 0) is 9.53 Å². The normalized spacial score (nSPS) is 14.8. The van der Waals surface area contributed by atoms with Crippen LogP contribution in [0.3, 0.4) is 0 Å². The molecule has 19 heavy (non-hydrogen) atoms. The summed E-state index contributed by atoms with van der Waals surface area (Å²) in [4.78, 5) is 11.9. The molecular weight excluding hydrogens is 242 g/mol. The number of ether oxygens (including phenoxy) is 1. The monoisotopic (exact) mass is 265 g/mol. The van der Waals surface area contributed by atoms with Gasteiger partial charge in [0.2, 0.25) is 0 Å². The molecule has 1 aromatic carbocycles. The SMILES string of the molecule is C[C@H](N[C@H](C)C(=O)OC(C)(C)C)c1cccc(O)c1. The minimum absolute atomic E-state index is 0.0466. The zero-order valence-corrected chi connectivity index (χ0v) is 12.2. The van der Waals surface area contributed by atoms with Crippen molar-refractivity contribution in [2.75, 3.05) is 0 Å². The molecule has 4 nitrogen and oxygen atoms in total. The lowest BCUT2D eigenvalue weighted by molar-refractivity contribution is -0.157. The molecule has 0 aliphatic heterocycles. The lowest BCUT2D eigenvalue weighted by Crippen LogP contribution is -2.40. The number of aromatic hydroxyl groups is 1. The van der Waals surface area contributed by atoms with E-state index >= 15 is 0 Å². The lowest BCUT2D eigenvalue weighted by Gasteiger charge is -2.24. The highest BCUT2D eigenvalue weighted by Crippen LogP contribution is 2.18. The topological polar surface area (TPSA) is 58.6 Å². The Balaban J connectivity index is 2.61. The second kappa shape index (κ2) is 6.06. The maximum absolute atomic E-state index is 11.9. The van der Waals surface area contributed by atoms with Crippen LogP contribution in [0.25, 0.3) is 0 Å². The van der Waals surface area contributed by atoms with Crippen LogP contribution in [0.15, 0.2) is 24.3 Å². The fraction of sp³-hybridized carbons (Fsp3) is 0.533. The average molecular weight is 265 g/mol. The van der Waals surface area contributed by atoms with Gasteiger partial charge >= 0.3 is 5.97 Å². The Labute approximate surface area is 114 Å². The zero-order chi connectivity index (χ0) is 14.6. The van der Waals surface area contributed by atoms with Gasteiger partial charge in [-0.25, -0.2) is 0 Å². The molecule has 0 aliphatic carbocycles. The number of hydrogen-bond acceptors (Lipinski definition) is 4. The Kier molecular flexibility index (Phi) is 4.95. The molecule has 0 fully saturated rings. The third kappa shape index (κ3) is 5.30. The van der Waals surface area contributed by atoms with E-state index in [1.165, 1.54) is 0 Å². The Morgan fingerprint density at radius 3 is 2.47 bits per heavy atom. The van der Waals surface area contributed by atoms with Gasteiger partial charge < -0.3 is 9.84 Å². The van der Waals surface area contributed by atoms with Gasteiger partial charge in [-0.05, 0) is 52.3 Å². The smallest absolute Gasteiger partial charge is 0.323 e. The van der Waals surface area contributed by atoms with E-state index in [9.17, 15) is 9.90 Å². The van der Waals surface area contributed by atoms with Crippen LogP contribution in [0.5, 0.6) is 5.75 Å². The number of phenolic OH excluding ortho intramolecular Hbond substituents is 1. The van der Waals surface area contributed by atoms with Crippen molar-refractivity contribution in [1.29, 1.82) is 0 Å². The number of benzene rings is 1. The summed E-state index contributed by atoms with van der Waals surface area (Å²) in [5.41, 5.74) is 0.441. The van der Waals surface area contributed by atoms with E-state index in [-0.39, 0.29) is 17.8 Å². The van der Waals surface area contributed by atoms with E-state index < -0.39 is 11.6 Å². The van der Waals surface area contributed by atoms with Crippen molar-refractivity contribution in [2.45, 2.75) is 52.3 Å². The molecule has 0 amide bonds. The third-order valence-corrected chi connectivity index (χ3v) is 2.63. The highest BCUT2D eigenvalue weighted by Gasteiger charge is 2.23. The van der Waals surface area contributed by atoms with E-state index in [0.29, 0.717) is 0 Å². The summed E-state index contributed by atoms with van der Waals surface area (Å²) in [5, 5.41) is 12.6. The Bertz CT molecular complexity index is 437. The minimum atomic E-state index is -0.485. The van der Waals surface area contributed by atoms with Crippen LogP contribution in [0, 0.1) is 0 Å². The van der Waals surface area contributed by atoms with Crippen LogP contribution in [0.4, 0.5) is 0 Å². The van der Waals surface area contributed by atoms with Crippen LogP contribution in [0.1, 0.15) is 46.2 Å². The quantitative estimate of drug-likeness (QED) is 0.822. The van der Waals surface area contributed by atoms with E-state index in [2.05, 4.69) is 5.32 Å². The molecule has 0 saturated heterocycles. The van der Waals surface area contributed by atoms with Crippen LogP contribution < -0.4 is 5.32 Å². The van der Waals surface area contributed by atoms with Crippen molar-refractivity contribution in [3.8, 4) is 5.75 Å². The Morgan fingerprint density at radius 1 is 1.32 bits per heavy atom. The molecule has 0 saturated carbocycles. The largest absolute Gasteiger partial charge is 0.508 e. The number of hydrogen-bond donors (Lipinski definition) is 2. The Hall–Kier alpha value is -1.55. The van der Waals surface area contributed by atoms with Crippen molar-refractivity contribution < 1.29 is 14.6 Å². The molecule has 0 aromatic heterocycles. The number of nitrogens with one attached hydrogen (secondary N) is 1. The maximum Gasteiger partial charge on any atom is 0.323 e. The number of carbonyl (C=O) groups excluding carboxylic acids is 1. The molecule has 2 N–H and O–H groups in total. The molecular formula is C15H23NO3. The molecule has 4 heteroatoms. The summed E-state index contributed by atoms with van der Waals surface area (Å²) in [5.74, 6) is -0.0597. The summed E-state index contributed by atoms with van der Waals surface area (Å²) in [7, 11) is 0. The number of phenols is 1.